The number of hydrogen-bond donors (Lipinski definition) is 5. The number of ketones is 2. The highest BCUT2D eigenvalue weighted by Crippen LogP contribution is 2.51. The van der Waals surface area contributed by atoms with Crippen LogP contribution >= 0.6 is 0 Å². The zero-order chi connectivity index (χ0) is 25.1. The van der Waals surface area contributed by atoms with E-state index in [1.54, 1.807) is 6.07 Å². The Bertz CT molecular complexity index is 1350. The number of aromatic hydroxyl groups is 1. The van der Waals surface area contributed by atoms with E-state index in [4.69, 9.17) is 5.73 Å². The summed E-state index contributed by atoms with van der Waals surface area (Å²) in [5.41, 5.74) is 3.85. The van der Waals surface area contributed by atoms with Crippen molar-refractivity contribution in [1.29, 1.82) is 0 Å². The lowest BCUT2D eigenvalue weighted by Gasteiger charge is -2.45. The molecule has 0 aromatic heterocycles. The summed E-state index contributed by atoms with van der Waals surface area (Å²) in [6, 6.07) is 3.02. The molecule has 1 aromatic carbocycles. The fourth-order valence-corrected chi connectivity index (χ4v) is 5.84. The summed E-state index contributed by atoms with van der Waals surface area (Å²) in [7, 11) is 0. The van der Waals surface area contributed by atoms with Crippen LogP contribution in [-0.2, 0) is 16.0 Å². The van der Waals surface area contributed by atoms with Crippen LogP contribution in [0.2, 0.25) is 0 Å². The quantitative estimate of drug-likeness (QED) is 0.308. The van der Waals surface area contributed by atoms with E-state index < -0.39 is 52.0 Å². The first-order valence-electron chi connectivity index (χ1n) is 11.7. The van der Waals surface area contributed by atoms with Gasteiger partial charge in [0.25, 0.3) is 5.91 Å². The minimum absolute atomic E-state index is 0.0222. The summed E-state index contributed by atoms with van der Waals surface area (Å²) in [5.74, 6) is -0.0756. The molecule has 180 valence electrons. The third kappa shape index (κ3) is 3.38. The molecule has 0 unspecified atom stereocenters. The predicted molar refractivity (Wildman–Crippen MR) is 124 cm³/mol. The van der Waals surface area contributed by atoms with Gasteiger partial charge < -0.3 is 26.2 Å². The minimum Gasteiger partial charge on any atom is -0.511 e. The van der Waals surface area contributed by atoms with Crippen molar-refractivity contribution < 1.29 is 34.8 Å². The van der Waals surface area contributed by atoms with Gasteiger partial charge in [0.05, 0.1) is 5.56 Å². The molecule has 8 nitrogen and oxygen atoms in total. The number of aliphatic hydroxyl groups is 3. The Morgan fingerprint density at radius 2 is 1.86 bits per heavy atom. The van der Waals surface area contributed by atoms with Gasteiger partial charge in [-0.1, -0.05) is 17.9 Å². The van der Waals surface area contributed by atoms with Crippen LogP contribution in [0.1, 0.15) is 60.0 Å². The molecular weight excluding hydrogens is 450 g/mol. The highest BCUT2D eigenvalue weighted by Gasteiger charge is 2.59. The molecule has 0 saturated carbocycles. The van der Waals surface area contributed by atoms with Gasteiger partial charge >= 0.3 is 0 Å². The number of phenols is 1. The smallest absolute Gasteiger partial charge is 0.255 e. The van der Waals surface area contributed by atoms with Gasteiger partial charge in [-0.2, -0.15) is 0 Å². The number of amides is 1. The van der Waals surface area contributed by atoms with Crippen molar-refractivity contribution in [3.8, 4) is 17.6 Å². The molecule has 35 heavy (non-hydrogen) atoms. The number of carbonyl (C=O) groups excluding carboxylic acids is 3. The van der Waals surface area contributed by atoms with Gasteiger partial charge in [-0.15, -0.1) is 0 Å². The van der Waals surface area contributed by atoms with Gasteiger partial charge in [-0.25, -0.2) is 0 Å². The monoisotopic (exact) mass is 475 g/mol. The Balaban J connectivity index is 1.61. The predicted octanol–water partition coefficient (Wildman–Crippen LogP) is 2.43. The third-order valence-electron chi connectivity index (χ3n) is 7.59. The molecule has 0 spiro atoms. The van der Waals surface area contributed by atoms with Crippen molar-refractivity contribution in [2.75, 3.05) is 0 Å². The van der Waals surface area contributed by atoms with Crippen molar-refractivity contribution in [3.05, 3.63) is 63.1 Å². The zero-order valence-electron chi connectivity index (χ0n) is 18.9. The number of primary amides is 1. The highest BCUT2D eigenvalue weighted by atomic mass is 16.3. The standard InChI is InChI=1S/C27H25NO7/c28-26(34)22-19(30)12-16-10-15-11-17-14(7-6-13-4-2-1-3-5-13)8-9-18(29)21(17)23(31)20(15)24(32)27(16,35)25(22)33/h4,8-9,15-16,29-30,32,35H,1-3,5,10-12H2,(H2,28,34)/t15-,16+,27+/m1/s1. The lowest BCUT2D eigenvalue weighted by atomic mass is 9.60. The first-order valence-corrected chi connectivity index (χ1v) is 11.7. The van der Waals surface area contributed by atoms with Crippen LogP contribution < -0.4 is 5.73 Å². The minimum atomic E-state index is -2.56. The molecule has 0 saturated heterocycles. The maximum atomic E-state index is 13.5. The van der Waals surface area contributed by atoms with E-state index in [0.717, 1.165) is 31.3 Å². The fraction of sp³-hybridized carbons (Fsp3) is 0.370. The molecule has 1 aromatic rings. The molecule has 0 bridgehead atoms. The summed E-state index contributed by atoms with van der Waals surface area (Å²) in [5, 5.41) is 43.1. The lowest BCUT2D eigenvalue weighted by Crippen LogP contribution is -2.57. The number of hydrogen-bond acceptors (Lipinski definition) is 7. The zero-order valence-corrected chi connectivity index (χ0v) is 18.9. The Kier molecular flexibility index (Phi) is 5.33. The van der Waals surface area contributed by atoms with E-state index in [2.05, 4.69) is 17.9 Å². The first-order chi connectivity index (χ1) is 16.6. The molecule has 4 aliphatic rings. The van der Waals surface area contributed by atoms with E-state index in [1.165, 1.54) is 6.07 Å². The average molecular weight is 475 g/mol. The molecular formula is C27H25NO7. The SMILES string of the molecule is NC(=O)C1=C(O)C[C@@H]2C[C@@H]3Cc4c(C#CC5=CCCCC5)ccc(O)c4C(=O)C3=C(O)[C@]2(O)C1=O. The number of aliphatic hydroxyl groups excluding tert-OH is 2. The lowest BCUT2D eigenvalue weighted by molar-refractivity contribution is -0.144. The number of carbonyl (C=O) groups is 3. The van der Waals surface area contributed by atoms with Gasteiger partial charge in [0, 0.05) is 23.5 Å². The summed E-state index contributed by atoms with van der Waals surface area (Å²) in [4.78, 5) is 38.2. The van der Waals surface area contributed by atoms with Crippen LogP contribution in [0.25, 0.3) is 0 Å². The van der Waals surface area contributed by atoms with Gasteiger partial charge in [0.1, 0.15) is 22.8 Å². The van der Waals surface area contributed by atoms with Gasteiger partial charge in [0.2, 0.25) is 5.78 Å². The van der Waals surface area contributed by atoms with Gasteiger partial charge in [0.15, 0.2) is 11.4 Å². The summed E-state index contributed by atoms with van der Waals surface area (Å²) in [6.45, 7) is 0. The molecule has 0 heterocycles. The molecule has 0 radical (unpaired) electrons. The van der Waals surface area contributed by atoms with Crippen LogP contribution in [0, 0.1) is 23.7 Å². The number of rotatable bonds is 1. The van der Waals surface area contributed by atoms with Crippen LogP contribution in [0.3, 0.4) is 0 Å². The van der Waals surface area contributed by atoms with E-state index in [1.807, 2.05) is 0 Å². The van der Waals surface area contributed by atoms with Crippen molar-refractivity contribution in [1.82, 2.24) is 0 Å². The van der Waals surface area contributed by atoms with Crippen LogP contribution in [0.15, 0.2) is 46.4 Å². The van der Waals surface area contributed by atoms with Crippen molar-refractivity contribution in [3.63, 3.8) is 0 Å². The number of allylic oxidation sites excluding steroid dienone is 4. The van der Waals surface area contributed by atoms with Crippen molar-refractivity contribution >= 4 is 17.5 Å². The molecule has 6 N–H and O–H groups in total. The second-order valence-electron chi connectivity index (χ2n) is 9.62. The summed E-state index contributed by atoms with van der Waals surface area (Å²) in [6.07, 6.45) is 6.27. The number of fused-ring (bicyclic) bond motifs is 3. The molecule has 0 aliphatic heterocycles. The second-order valence-corrected chi connectivity index (χ2v) is 9.62. The second kappa shape index (κ2) is 8.14. The molecule has 0 fully saturated rings. The maximum absolute atomic E-state index is 13.5. The van der Waals surface area contributed by atoms with E-state index in [-0.39, 0.29) is 36.1 Å². The van der Waals surface area contributed by atoms with Crippen LogP contribution in [0.4, 0.5) is 0 Å². The molecule has 1 amide bonds. The van der Waals surface area contributed by atoms with Crippen LogP contribution in [0.5, 0.6) is 5.75 Å². The average Bonchev–Trinajstić information content (AvgIpc) is 2.81. The molecule has 5 rings (SSSR count). The maximum Gasteiger partial charge on any atom is 0.255 e. The number of phenolic OH excluding ortho intramolecular Hbond substituents is 1. The first kappa shape index (κ1) is 22.9. The highest BCUT2D eigenvalue weighted by molar-refractivity contribution is 6.24. The Hall–Kier alpha value is -3.83. The summed E-state index contributed by atoms with van der Waals surface area (Å²) < 4.78 is 0. The number of Topliss-reactive ketones (excluding diaryl/α,β-unsaturated/α-hetero) is 2. The summed E-state index contributed by atoms with van der Waals surface area (Å²) >= 11 is 0. The van der Waals surface area contributed by atoms with E-state index >= 15 is 0 Å². The Labute approximate surface area is 201 Å². The number of benzene rings is 1. The van der Waals surface area contributed by atoms with E-state index in [9.17, 15) is 34.8 Å². The third-order valence-corrected chi connectivity index (χ3v) is 7.59. The van der Waals surface area contributed by atoms with Gasteiger partial charge in [-0.05, 0) is 67.7 Å². The van der Waals surface area contributed by atoms with Crippen LogP contribution in [-0.4, -0.2) is 43.5 Å². The molecule has 3 atom stereocenters. The van der Waals surface area contributed by atoms with E-state index in [0.29, 0.717) is 11.1 Å². The fourth-order valence-electron chi connectivity index (χ4n) is 5.84. The largest absolute Gasteiger partial charge is 0.511 e. The Morgan fingerprint density at radius 1 is 1.09 bits per heavy atom. The van der Waals surface area contributed by atoms with Crippen molar-refractivity contribution in [2.24, 2.45) is 17.6 Å². The molecule has 8 heteroatoms. The Morgan fingerprint density at radius 3 is 2.54 bits per heavy atom. The van der Waals surface area contributed by atoms with Gasteiger partial charge in [-0.3, -0.25) is 14.4 Å². The van der Waals surface area contributed by atoms with Crippen molar-refractivity contribution in [2.45, 2.75) is 50.5 Å². The number of nitrogens with two attached hydrogens (primary N) is 1. The topological polar surface area (TPSA) is 158 Å². The normalized spacial score (nSPS) is 27.9. The molecule has 4 aliphatic carbocycles.